The number of carbonyl (C=O) groups is 1. The van der Waals surface area contributed by atoms with Crippen molar-refractivity contribution < 1.29 is 18.0 Å². The molecule has 1 N–H and O–H groups in total. The summed E-state index contributed by atoms with van der Waals surface area (Å²) >= 11 is 0.964. The van der Waals surface area contributed by atoms with E-state index in [0.717, 1.165) is 35.0 Å². The summed E-state index contributed by atoms with van der Waals surface area (Å²) in [6, 6.07) is 12.2. The number of halogens is 3. The SMILES string of the molecule is CCc1cccc(C)c1NC(=O)CSc1nc(C(F)(F)F)nc2ccccc12. The molecule has 146 valence electrons. The zero-order valence-electron chi connectivity index (χ0n) is 15.3. The van der Waals surface area contributed by atoms with Crippen molar-refractivity contribution in [2.75, 3.05) is 11.1 Å². The number of benzene rings is 2. The average molecular weight is 405 g/mol. The quantitative estimate of drug-likeness (QED) is 0.465. The van der Waals surface area contributed by atoms with Gasteiger partial charge in [0.2, 0.25) is 11.7 Å². The molecule has 0 bridgehead atoms. The van der Waals surface area contributed by atoms with Crippen LogP contribution in [-0.4, -0.2) is 21.6 Å². The van der Waals surface area contributed by atoms with Crippen molar-refractivity contribution in [2.45, 2.75) is 31.5 Å². The Bertz CT molecular complexity index is 1020. The first-order valence-electron chi connectivity index (χ1n) is 8.64. The van der Waals surface area contributed by atoms with E-state index in [1.807, 2.05) is 32.0 Å². The van der Waals surface area contributed by atoms with Crippen LogP contribution in [0.4, 0.5) is 18.9 Å². The van der Waals surface area contributed by atoms with E-state index in [0.29, 0.717) is 5.39 Å². The lowest BCUT2D eigenvalue weighted by Gasteiger charge is -2.13. The minimum absolute atomic E-state index is 0.0597. The molecule has 0 aliphatic rings. The minimum atomic E-state index is -4.65. The van der Waals surface area contributed by atoms with Crippen molar-refractivity contribution in [3.63, 3.8) is 0 Å². The molecule has 1 amide bonds. The van der Waals surface area contributed by atoms with E-state index >= 15 is 0 Å². The van der Waals surface area contributed by atoms with Crippen LogP contribution >= 0.6 is 11.8 Å². The van der Waals surface area contributed by atoms with E-state index in [2.05, 4.69) is 15.3 Å². The van der Waals surface area contributed by atoms with Gasteiger partial charge >= 0.3 is 6.18 Å². The van der Waals surface area contributed by atoms with Crippen LogP contribution in [0.1, 0.15) is 23.9 Å². The van der Waals surface area contributed by atoms with Crippen LogP contribution < -0.4 is 5.32 Å². The van der Waals surface area contributed by atoms with Gasteiger partial charge in [-0.25, -0.2) is 9.97 Å². The van der Waals surface area contributed by atoms with Gasteiger partial charge in [0, 0.05) is 11.1 Å². The summed E-state index contributed by atoms with van der Waals surface area (Å²) in [5.41, 5.74) is 2.88. The zero-order valence-corrected chi connectivity index (χ0v) is 16.1. The van der Waals surface area contributed by atoms with Crippen molar-refractivity contribution >= 4 is 34.3 Å². The molecule has 1 heterocycles. The van der Waals surface area contributed by atoms with Crippen LogP contribution in [0, 0.1) is 6.92 Å². The molecule has 4 nitrogen and oxygen atoms in total. The van der Waals surface area contributed by atoms with Crippen molar-refractivity contribution in [3.8, 4) is 0 Å². The summed E-state index contributed by atoms with van der Waals surface area (Å²) in [7, 11) is 0. The van der Waals surface area contributed by atoms with Gasteiger partial charge in [0.25, 0.3) is 0 Å². The summed E-state index contributed by atoms with van der Waals surface area (Å²) in [6.45, 7) is 3.89. The molecule has 0 aliphatic heterocycles. The van der Waals surface area contributed by atoms with E-state index in [-0.39, 0.29) is 22.2 Å². The lowest BCUT2D eigenvalue weighted by molar-refractivity contribution is -0.145. The molecule has 0 fully saturated rings. The molecule has 3 aromatic rings. The summed E-state index contributed by atoms with van der Waals surface area (Å²) in [5, 5.41) is 3.49. The number of fused-ring (bicyclic) bond motifs is 1. The number of alkyl halides is 3. The van der Waals surface area contributed by atoms with E-state index < -0.39 is 12.0 Å². The summed E-state index contributed by atoms with van der Waals surface area (Å²) in [5.74, 6) is -1.57. The molecule has 0 spiro atoms. The fourth-order valence-corrected chi connectivity index (χ4v) is 3.61. The maximum absolute atomic E-state index is 13.1. The van der Waals surface area contributed by atoms with Gasteiger partial charge in [-0.3, -0.25) is 4.79 Å². The van der Waals surface area contributed by atoms with Gasteiger partial charge in [0.15, 0.2) is 0 Å². The van der Waals surface area contributed by atoms with Crippen molar-refractivity contribution in [2.24, 2.45) is 0 Å². The van der Waals surface area contributed by atoms with Crippen LogP contribution in [0.2, 0.25) is 0 Å². The fourth-order valence-electron chi connectivity index (χ4n) is 2.80. The number of amides is 1. The van der Waals surface area contributed by atoms with E-state index in [9.17, 15) is 18.0 Å². The molecule has 0 saturated heterocycles. The lowest BCUT2D eigenvalue weighted by Crippen LogP contribution is -2.17. The summed E-state index contributed by atoms with van der Waals surface area (Å²) in [6.07, 6.45) is -3.89. The highest BCUT2D eigenvalue weighted by atomic mass is 32.2. The topological polar surface area (TPSA) is 54.9 Å². The third-order valence-corrected chi connectivity index (χ3v) is 5.16. The molecule has 0 unspecified atom stereocenters. The highest BCUT2D eigenvalue weighted by molar-refractivity contribution is 8.00. The Labute approximate surface area is 164 Å². The Kier molecular flexibility index (Phi) is 5.88. The Hall–Kier alpha value is -2.61. The van der Waals surface area contributed by atoms with Crippen molar-refractivity contribution in [1.82, 2.24) is 9.97 Å². The van der Waals surface area contributed by atoms with Crippen LogP contribution in [0.25, 0.3) is 10.9 Å². The van der Waals surface area contributed by atoms with Gasteiger partial charge in [-0.2, -0.15) is 13.2 Å². The highest BCUT2D eigenvalue weighted by Crippen LogP contribution is 2.32. The monoisotopic (exact) mass is 405 g/mol. The standard InChI is InChI=1S/C20H18F3N3OS/c1-3-13-8-6-7-12(2)17(13)25-16(27)11-28-18-14-9-4-5-10-15(14)24-19(26-18)20(21,22)23/h4-10H,3,11H2,1-2H3,(H,25,27). The van der Waals surface area contributed by atoms with Crippen molar-refractivity contribution in [3.05, 3.63) is 59.4 Å². The number of aryl methyl sites for hydroxylation is 2. The number of carbonyl (C=O) groups excluding carboxylic acids is 1. The number of para-hydroxylation sites is 2. The van der Waals surface area contributed by atoms with Crippen LogP contribution in [0.5, 0.6) is 0 Å². The van der Waals surface area contributed by atoms with Gasteiger partial charge in [-0.15, -0.1) is 0 Å². The number of hydrogen-bond donors (Lipinski definition) is 1. The number of hydrogen-bond acceptors (Lipinski definition) is 4. The molecule has 1 aromatic heterocycles. The molecule has 3 rings (SSSR count). The second-order valence-electron chi connectivity index (χ2n) is 6.17. The Balaban J connectivity index is 1.83. The van der Waals surface area contributed by atoms with E-state index in [4.69, 9.17) is 0 Å². The number of rotatable bonds is 5. The van der Waals surface area contributed by atoms with Crippen LogP contribution in [0.3, 0.4) is 0 Å². The minimum Gasteiger partial charge on any atom is -0.325 e. The highest BCUT2D eigenvalue weighted by Gasteiger charge is 2.35. The molecule has 2 aromatic carbocycles. The first kappa shape index (κ1) is 20.1. The first-order valence-corrected chi connectivity index (χ1v) is 9.63. The number of nitrogens with zero attached hydrogens (tertiary/aromatic N) is 2. The van der Waals surface area contributed by atoms with Gasteiger partial charge < -0.3 is 5.32 Å². The fraction of sp³-hybridized carbons (Fsp3) is 0.250. The van der Waals surface area contributed by atoms with E-state index in [1.165, 1.54) is 6.07 Å². The molecule has 8 heteroatoms. The second-order valence-corrected chi connectivity index (χ2v) is 7.13. The van der Waals surface area contributed by atoms with Gasteiger partial charge in [-0.1, -0.05) is 55.1 Å². The molecule has 0 atom stereocenters. The van der Waals surface area contributed by atoms with Gasteiger partial charge in [0.05, 0.1) is 11.3 Å². The number of aromatic nitrogens is 2. The average Bonchev–Trinajstić information content (AvgIpc) is 2.66. The Morgan fingerprint density at radius 2 is 1.86 bits per heavy atom. The third-order valence-electron chi connectivity index (χ3n) is 4.17. The number of thioether (sulfide) groups is 1. The summed E-state index contributed by atoms with van der Waals surface area (Å²) < 4.78 is 39.3. The van der Waals surface area contributed by atoms with Crippen molar-refractivity contribution in [1.29, 1.82) is 0 Å². The molecule has 0 radical (unpaired) electrons. The predicted octanol–water partition coefficient (Wildman–Crippen LogP) is 5.25. The Morgan fingerprint density at radius 3 is 2.57 bits per heavy atom. The maximum atomic E-state index is 13.1. The molecule has 0 saturated carbocycles. The smallest absolute Gasteiger partial charge is 0.325 e. The second kappa shape index (κ2) is 8.18. The summed E-state index contributed by atoms with van der Waals surface area (Å²) in [4.78, 5) is 19.7. The predicted molar refractivity (Wildman–Crippen MR) is 104 cm³/mol. The normalized spacial score (nSPS) is 11.6. The molecular weight excluding hydrogens is 387 g/mol. The van der Waals surface area contributed by atoms with Gasteiger partial charge in [0.1, 0.15) is 5.03 Å². The van der Waals surface area contributed by atoms with E-state index in [1.54, 1.807) is 18.2 Å². The number of anilines is 1. The van der Waals surface area contributed by atoms with Crippen LogP contribution in [0.15, 0.2) is 47.5 Å². The zero-order chi connectivity index (χ0) is 20.3. The molecular formula is C20H18F3N3OS. The number of nitrogens with one attached hydrogen (secondary N) is 1. The third kappa shape index (κ3) is 4.44. The molecule has 28 heavy (non-hydrogen) atoms. The molecule has 0 aliphatic carbocycles. The van der Waals surface area contributed by atoms with Gasteiger partial charge in [-0.05, 0) is 30.5 Å². The first-order chi connectivity index (χ1) is 13.3. The largest absolute Gasteiger partial charge is 0.451 e. The lowest BCUT2D eigenvalue weighted by atomic mass is 10.1. The maximum Gasteiger partial charge on any atom is 0.451 e. The Morgan fingerprint density at radius 1 is 1.11 bits per heavy atom. The van der Waals surface area contributed by atoms with Crippen LogP contribution in [-0.2, 0) is 17.4 Å².